The van der Waals surface area contributed by atoms with E-state index in [2.05, 4.69) is 20.0 Å². The van der Waals surface area contributed by atoms with Crippen molar-refractivity contribution in [2.75, 3.05) is 12.0 Å². The van der Waals surface area contributed by atoms with Gasteiger partial charge in [0.15, 0.2) is 0 Å². The van der Waals surface area contributed by atoms with Gasteiger partial charge in [0.05, 0.1) is 7.11 Å². The molecule has 33 heavy (non-hydrogen) atoms. The average Bonchev–Trinajstić information content (AvgIpc) is 2.90. The van der Waals surface area contributed by atoms with Crippen molar-refractivity contribution in [2.24, 2.45) is 0 Å². The minimum absolute atomic E-state index is 0. The molecule has 3 aromatic rings. The van der Waals surface area contributed by atoms with E-state index >= 15 is 0 Å². The minimum Gasteiger partial charge on any atom is 0 e. The molecule has 7 nitrogen and oxygen atoms in total. The van der Waals surface area contributed by atoms with Gasteiger partial charge in [0.1, 0.15) is 17.5 Å². The van der Waals surface area contributed by atoms with Gasteiger partial charge < -0.3 is 9.47 Å². The number of rotatable bonds is 5. The first-order valence-electron chi connectivity index (χ1n) is 9.13. The SMILES string of the molecule is COc1ccccc1[C@@H]1[C@H](Oc2ccccc2)C(=O)N1c1ccccc1.[C-]#[O+].[C-]#[O+].[C-]#[O+].[Cr]. The molecule has 4 rings (SSSR count). The number of ether oxygens (including phenoxy) is 2. The number of carbonyl (C=O) groups excluding carboxylic acids is 1. The molecule has 0 saturated carbocycles. The summed E-state index contributed by atoms with van der Waals surface area (Å²) in [6.45, 7) is 13.5. The van der Waals surface area contributed by atoms with Crippen molar-refractivity contribution in [1.29, 1.82) is 0 Å². The Labute approximate surface area is 203 Å². The molecule has 1 fully saturated rings. The minimum atomic E-state index is -0.589. The molecule has 0 aromatic heterocycles. The second-order valence-corrected chi connectivity index (χ2v) is 6.08. The molecule has 1 aliphatic heterocycles. The van der Waals surface area contributed by atoms with Crippen molar-refractivity contribution in [3.8, 4) is 11.5 Å². The number of hydrogen-bond acceptors (Lipinski definition) is 3. The van der Waals surface area contributed by atoms with Crippen LogP contribution in [0.5, 0.6) is 11.5 Å². The number of amides is 1. The molecule has 2 atom stereocenters. The number of methoxy groups -OCH3 is 1. The molecule has 166 valence electrons. The molecule has 0 radical (unpaired) electrons. The van der Waals surface area contributed by atoms with E-state index in [9.17, 15) is 4.79 Å². The smallest absolute Gasteiger partial charge is 0 e. The van der Waals surface area contributed by atoms with Crippen LogP contribution in [0.15, 0.2) is 84.9 Å². The number of hydrogen-bond donors (Lipinski definition) is 0. The van der Waals surface area contributed by atoms with Gasteiger partial charge in [0.25, 0.3) is 5.91 Å². The first-order chi connectivity index (χ1) is 15.8. The van der Waals surface area contributed by atoms with Crippen LogP contribution in [0.25, 0.3) is 0 Å². The summed E-state index contributed by atoms with van der Waals surface area (Å²) in [6, 6.07) is 26.6. The van der Waals surface area contributed by atoms with Crippen molar-refractivity contribution in [1.82, 2.24) is 0 Å². The second kappa shape index (κ2) is 16.2. The van der Waals surface area contributed by atoms with Crippen molar-refractivity contribution >= 4 is 11.6 Å². The molecule has 1 heterocycles. The van der Waals surface area contributed by atoms with Crippen molar-refractivity contribution in [3.05, 3.63) is 110 Å². The van der Waals surface area contributed by atoms with Gasteiger partial charge in [-0.15, -0.1) is 0 Å². The van der Waals surface area contributed by atoms with Crippen LogP contribution in [0.3, 0.4) is 0 Å². The summed E-state index contributed by atoms with van der Waals surface area (Å²) in [7, 11) is 1.64. The normalized spacial score (nSPS) is 15.1. The van der Waals surface area contributed by atoms with Crippen LogP contribution in [0.1, 0.15) is 11.6 Å². The van der Waals surface area contributed by atoms with E-state index in [1.54, 1.807) is 12.0 Å². The summed E-state index contributed by atoms with van der Waals surface area (Å²) in [5.41, 5.74) is 1.78. The predicted octanol–water partition coefficient (Wildman–Crippen LogP) is 4.12. The Kier molecular flexibility index (Phi) is 14.4. The van der Waals surface area contributed by atoms with E-state index in [1.165, 1.54) is 0 Å². The molecule has 0 bridgehead atoms. The first-order valence-corrected chi connectivity index (χ1v) is 9.13. The molecule has 8 heteroatoms. The Balaban J connectivity index is 0.00000136. The molecule has 0 unspecified atom stereocenters. The maximum absolute atomic E-state index is 12.9. The standard InChI is InChI=1S/C22H19NO3.3CO.Cr/c1-25-19-15-9-8-14-18(19)20-21(26-17-12-6-3-7-13-17)22(24)23(20)16-10-4-2-5-11-16;3*1-2;/h2-15,20-21H,1H3;;;;/t20-,21+;;;;/m1..../s1. The molecular weight excluding hydrogens is 462 g/mol. The van der Waals surface area contributed by atoms with E-state index in [0.717, 1.165) is 17.0 Å². The maximum atomic E-state index is 12.9. The number of β-lactam (4-membered cyclic amide) rings is 1. The largest absolute Gasteiger partial charge is 0 e. The topological polar surface area (TPSA) is 98.5 Å². The third-order valence-electron chi connectivity index (χ3n) is 4.54. The summed E-state index contributed by atoms with van der Waals surface area (Å²) in [6.07, 6.45) is -0.589. The van der Waals surface area contributed by atoms with Gasteiger partial charge in [0.2, 0.25) is 6.10 Å². The van der Waals surface area contributed by atoms with Crippen LogP contribution >= 0.6 is 0 Å². The van der Waals surface area contributed by atoms with E-state index in [1.807, 2.05) is 84.9 Å². The zero-order valence-electron chi connectivity index (χ0n) is 17.5. The monoisotopic (exact) mass is 481 g/mol. The summed E-state index contributed by atoms with van der Waals surface area (Å²) in [4.78, 5) is 14.7. The average molecular weight is 481 g/mol. The Morgan fingerprint density at radius 2 is 1.24 bits per heavy atom. The van der Waals surface area contributed by atoms with Gasteiger partial charge in [0, 0.05) is 28.6 Å². The number of benzene rings is 3. The maximum Gasteiger partial charge on any atom is 0 e. The van der Waals surface area contributed by atoms with Crippen LogP contribution in [0, 0.1) is 20.0 Å². The number of para-hydroxylation sites is 3. The summed E-state index contributed by atoms with van der Waals surface area (Å²) in [5, 5.41) is 0. The van der Waals surface area contributed by atoms with Crippen LogP contribution in [-0.4, -0.2) is 19.1 Å². The second-order valence-electron chi connectivity index (χ2n) is 6.08. The van der Waals surface area contributed by atoms with Crippen molar-refractivity contribution < 1.29 is 45.6 Å². The van der Waals surface area contributed by atoms with Crippen molar-refractivity contribution in [3.63, 3.8) is 0 Å². The van der Waals surface area contributed by atoms with E-state index in [4.69, 9.17) is 23.4 Å². The zero-order valence-corrected chi connectivity index (χ0v) is 18.8. The number of anilines is 1. The number of carbonyl (C=O) groups is 1. The van der Waals surface area contributed by atoms with Crippen LogP contribution in [0.4, 0.5) is 5.69 Å². The van der Waals surface area contributed by atoms with Gasteiger partial charge in [-0.1, -0.05) is 54.6 Å². The molecule has 3 aromatic carbocycles. The van der Waals surface area contributed by atoms with Gasteiger partial charge in [-0.25, -0.2) is 0 Å². The number of nitrogens with zero attached hydrogens (tertiary/aromatic N) is 1. The Bertz CT molecular complexity index is 1020. The Morgan fingerprint density at radius 1 is 0.758 bits per heavy atom. The summed E-state index contributed by atoms with van der Waals surface area (Å²) in [5.74, 6) is 1.36. The summed E-state index contributed by atoms with van der Waals surface area (Å²) < 4.78 is 34.1. The molecule has 0 N–H and O–H groups in total. The third-order valence-corrected chi connectivity index (χ3v) is 4.54. The van der Waals surface area contributed by atoms with Crippen LogP contribution in [-0.2, 0) is 36.1 Å². The van der Waals surface area contributed by atoms with E-state index < -0.39 is 6.10 Å². The quantitative estimate of drug-likeness (QED) is 0.312. The Hall–Kier alpha value is -3.52. The van der Waals surface area contributed by atoms with Gasteiger partial charge in [-0.3, -0.25) is 9.69 Å². The van der Waals surface area contributed by atoms with E-state index in [-0.39, 0.29) is 29.3 Å². The van der Waals surface area contributed by atoms with E-state index in [0.29, 0.717) is 5.75 Å². The molecule has 0 aliphatic carbocycles. The zero-order chi connectivity index (χ0) is 23.9. The fourth-order valence-corrected chi connectivity index (χ4v) is 3.31. The first kappa shape index (κ1) is 29.5. The Morgan fingerprint density at radius 3 is 1.79 bits per heavy atom. The van der Waals surface area contributed by atoms with Gasteiger partial charge in [-0.2, -0.15) is 0 Å². The predicted molar refractivity (Wildman–Crippen MR) is 112 cm³/mol. The molecular formula is C25H19CrNO6. The van der Waals surface area contributed by atoms with Crippen molar-refractivity contribution in [2.45, 2.75) is 12.1 Å². The van der Waals surface area contributed by atoms with Gasteiger partial charge in [-0.05, 0) is 30.3 Å². The molecule has 1 aliphatic rings. The fourth-order valence-electron chi connectivity index (χ4n) is 3.31. The van der Waals surface area contributed by atoms with Crippen LogP contribution < -0.4 is 14.4 Å². The third kappa shape index (κ3) is 6.98. The fraction of sp³-hybridized carbons (Fsp3) is 0.120. The van der Waals surface area contributed by atoms with Gasteiger partial charge >= 0.3 is 33.9 Å². The molecule has 1 amide bonds. The molecule has 1 saturated heterocycles. The summed E-state index contributed by atoms with van der Waals surface area (Å²) >= 11 is 0. The molecule has 0 spiro atoms. The van der Waals surface area contributed by atoms with Crippen LogP contribution in [0.2, 0.25) is 0 Å².